The van der Waals surface area contributed by atoms with Crippen LogP contribution in [0.15, 0.2) is 96.0 Å². The lowest BCUT2D eigenvalue weighted by Crippen LogP contribution is -2.52. The van der Waals surface area contributed by atoms with Crippen molar-refractivity contribution in [2.75, 3.05) is 6.54 Å². The molecule has 4 aliphatic carbocycles. The third-order valence-corrected chi connectivity index (χ3v) is 13.9. The number of aliphatic hydroxyl groups is 4. The zero-order chi connectivity index (χ0) is 40.3. The third kappa shape index (κ3) is 8.77. The highest BCUT2D eigenvalue weighted by atomic mass is 16.5. The van der Waals surface area contributed by atoms with E-state index in [-0.39, 0.29) is 41.1 Å². The van der Waals surface area contributed by atoms with Crippen molar-refractivity contribution in [3.05, 3.63) is 118 Å². The Morgan fingerprint density at radius 1 is 0.897 bits per heavy atom. The summed E-state index contributed by atoms with van der Waals surface area (Å²) in [5.74, 6) is 7.60. The summed E-state index contributed by atoms with van der Waals surface area (Å²) >= 11 is 0. The number of benzene rings is 2. The van der Waals surface area contributed by atoms with E-state index in [1.54, 1.807) is 6.07 Å². The summed E-state index contributed by atoms with van der Waals surface area (Å²) in [5, 5.41) is 61.0. The van der Waals surface area contributed by atoms with Crippen LogP contribution in [-0.4, -0.2) is 67.6 Å². The van der Waals surface area contributed by atoms with Crippen molar-refractivity contribution in [2.45, 2.75) is 114 Å². The van der Waals surface area contributed by atoms with Crippen LogP contribution in [0.5, 0.6) is 11.5 Å². The molecule has 0 bridgehead atoms. The molecule has 1 saturated carbocycles. The maximum atomic E-state index is 12.0. The van der Waals surface area contributed by atoms with Crippen molar-refractivity contribution in [3.63, 3.8) is 0 Å². The minimum Gasteiger partial charge on any atom is -0.504 e. The van der Waals surface area contributed by atoms with E-state index in [1.165, 1.54) is 11.1 Å². The SMILES string of the molecule is CC(Cc1ccccc1)C1C#CC2C=C3CCc4cc(O)c(OC5C(O)C(O)CCC5C(Cc5ccc[nH]5)C5=CCNC(N)=C5)cc4C3CC(O)C2C(O)CCCC1. The number of dihydropyridines is 1. The average Bonchev–Trinajstić information content (AvgIpc) is 3.68. The Balaban J connectivity index is 1.10. The molecule has 0 amide bonds. The number of aryl methyl sites for hydroxylation is 1. The van der Waals surface area contributed by atoms with Crippen molar-refractivity contribution >= 4 is 0 Å². The van der Waals surface area contributed by atoms with E-state index >= 15 is 0 Å². The lowest BCUT2D eigenvalue weighted by Gasteiger charge is -2.43. The summed E-state index contributed by atoms with van der Waals surface area (Å²) in [6, 6.07) is 18.3. The molecule has 58 heavy (non-hydrogen) atoms. The normalized spacial score (nSPS) is 32.1. The van der Waals surface area contributed by atoms with Gasteiger partial charge in [0.05, 0.1) is 24.1 Å². The number of rotatable bonds is 9. The Hall–Kier alpha value is -4.46. The summed E-state index contributed by atoms with van der Waals surface area (Å²) in [7, 11) is 0. The highest BCUT2D eigenvalue weighted by Crippen LogP contribution is 2.49. The van der Waals surface area contributed by atoms with Gasteiger partial charge in [0.25, 0.3) is 0 Å². The highest BCUT2D eigenvalue weighted by Gasteiger charge is 2.45. The fourth-order valence-corrected chi connectivity index (χ4v) is 10.7. The van der Waals surface area contributed by atoms with E-state index in [0.717, 1.165) is 54.5 Å². The van der Waals surface area contributed by atoms with Gasteiger partial charge in [-0.15, -0.1) is 0 Å². The van der Waals surface area contributed by atoms with E-state index in [0.29, 0.717) is 56.8 Å². The first-order chi connectivity index (χ1) is 28.1. The topological polar surface area (TPSA) is 164 Å². The third-order valence-electron chi connectivity index (χ3n) is 13.9. The van der Waals surface area contributed by atoms with Crippen molar-refractivity contribution < 1.29 is 30.3 Å². The van der Waals surface area contributed by atoms with Gasteiger partial charge >= 0.3 is 0 Å². The smallest absolute Gasteiger partial charge is 0.161 e. The quantitative estimate of drug-likeness (QED) is 0.0943. The molecule has 2 heterocycles. The molecule has 12 atom stereocenters. The zero-order valence-corrected chi connectivity index (χ0v) is 33.6. The Bertz CT molecular complexity index is 2030. The summed E-state index contributed by atoms with van der Waals surface area (Å²) in [6.45, 7) is 2.89. The fourth-order valence-electron chi connectivity index (χ4n) is 10.7. The number of fused-ring (bicyclic) bond motifs is 4. The Morgan fingerprint density at radius 3 is 2.52 bits per heavy atom. The molecule has 0 spiro atoms. The molecule has 12 unspecified atom stereocenters. The van der Waals surface area contributed by atoms with E-state index < -0.39 is 36.4 Å². The number of allylic oxidation sites excluding steroid dienone is 4. The molecule has 0 saturated heterocycles. The molecule has 9 heteroatoms. The second-order valence-electron chi connectivity index (χ2n) is 17.7. The number of aliphatic hydroxyl groups excluding tert-OH is 4. The maximum Gasteiger partial charge on any atom is 0.161 e. The fraction of sp³-hybridized carbons (Fsp3) is 0.510. The standard InChI is InChI=1S/C49H61N3O6/c1-29(22-30-8-3-2-4-9-30)31-10-5-6-12-41(53)47-35(16-13-31)23-32-14-15-33-24-43(55)45(28-40(33)39(32)27-44(47)56)58-49-37(17-18-42(54)48(49)57)38(26-36-11-7-20-51-36)34-19-21-52-46(50)25-34/h2-4,7-9,11,19-20,23-25,28-29,31,35,37-39,41-42,44,47-49,51-57H,5-6,10,12,14-15,17-18,21-22,26-27,50H2,1H3. The molecule has 9 N–H and O–H groups in total. The van der Waals surface area contributed by atoms with Crippen molar-refractivity contribution in [3.8, 4) is 23.3 Å². The van der Waals surface area contributed by atoms with Crippen LogP contribution in [0.4, 0.5) is 0 Å². The Labute approximate surface area is 343 Å². The van der Waals surface area contributed by atoms with Crippen molar-refractivity contribution in [1.29, 1.82) is 0 Å². The monoisotopic (exact) mass is 787 g/mol. The van der Waals surface area contributed by atoms with Gasteiger partial charge in [-0.3, -0.25) is 0 Å². The first-order valence-electron chi connectivity index (χ1n) is 21.7. The van der Waals surface area contributed by atoms with Crippen LogP contribution in [0.2, 0.25) is 0 Å². The van der Waals surface area contributed by atoms with Crippen LogP contribution in [0.25, 0.3) is 0 Å². The number of nitrogens with one attached hydrogen (secondary N) is 2. The predicted molar refractivity (Wildman–Crippen MR) is 225 cm³/mol. The average molecular weight is 788 g/mol. The van der Waals surface area contributed by atoms with Gasteiger partial charge in [0, 0.05) is 48.0 Å². The van der Waals surface area contributed by atoms with Gasteiger partial charge in [0.1, 0.15) is 12.2 Å². The summed E-state index contributed by atoms with van der Waals surface area (Å²) < 4.78 is 6.74. The van der Waals surface area contributed by atoms with Gasteiger partial charge in [0.2, 0.25) is 0 Å². The number of hydrogen-bond donors (Lipinski definition) is 8. The number of ether oxygens (including phenoxy) is 1. The number of aromatic amines is 1. The van der Waals surface area contributed by atoms with Crippen molar-refractivity contribution in [2.24, 2.45) is 41.2 Å². The summed E-state index contributed by atoms with van der Waals surface area (Å²) in [4.78, 5) is 3.33. The van der Waals surface area contributed by atoms with Crippen LogP contribution in [0.1, 0.15) is 86.6 Å². The van der Waals surface area contributed by atoms with Gasteiger partial charge < -0.3 is 46.3 Å². The van der Waals surface area contributed by atoms with Crippen LogP contribution in [0.3, 0.4) is 0 Å². The molecule has 5 aliphatic rings. The first-order valence-corrected chi connectivity index (χ1v) is 21.7. The molecule has 3 aromatic rings. The number of aromatic hydroxyl groups is 1. The molecule has 2 aromatic carbocycles. The number of H-pyrrole nitrogens is 1. The number of hydrogen-bond acceptors (Lipinski definition) is 8. The van der Waals surface area contributed by atoms with Crippen LogP contribution >= 0.6 is 0 Å². The molecular weight excluding hydrogens is 727 g/mol. The van der Waals surface area contributed by atoms with Crippen LogP contribution in [0, 0.1) is 47.3 Å². The maximum absolute atomic E-state index is 12.0. The van der Waals surface area contributed by atoms with E-state index in [4.69, 9.17) is 10.5 Å². The summed E-state index contributed by atoms with van der Waals surface area (Å²) in [6.07, 6.45) is 11.9. The molecule has 308 valence electrons. The zero-order valence-electron chi connectivity index (χ0n) is 33.6. The summed E-state index contributed by atoms with van der Waals surface area (Å²) in [5.41, 5.74) is 12.8. The van der Waals surface area contributed by atoms with Crippen LogP contribution in [-0.2, 0) is 19.3 Å². The predicted octanol–water partition coefficient (Wildman–Crippen LogP) is 6.17. The number of phenolic OH excluding ortho intramolecular Hbond substituents is 1. The second kappa shape index (κ2) is 17.8. The minimum absolute atomic E-state index is 0.0106. The molecule has 1 fully saturated rings. The lowest BCUT2D eigenvalue weighted by atomic mass is 9.70. The number of aromatic nitrogens is 1. The first kappa shape index (κ1) is 40.3. The van der Waals surface area contributed by atoms with E-state index in [2.05, 4.69) is 71.5 Å². The largest absolute Gasteiger partial charge is 0.504 e. The Kier molecular flexibility index (Phi) is 12.4. The number of nitrogens with two attached hydrogens (primary N) is 1. The van der Waals surface area contributed by atoms with Gasteiger partial charge in [-0.2, -0.15) is 0 Å². The molecule has 1 aromatic heterocycles. The van der Waals surface area contributed by atoms with Gasteiger partial charge in [-0.05, 0) is 122 Å². The van der Waals surface area contributed by atoms with Crippen molar-refractivity contribution in [1.82, 2.24) is 10.3 Å². The van der Waals surface area contributed by atoms with E-state index in [9.17, 15) is 25.5 Å². The molecule has 8 rings (SSSR count). The lowest BCUT2D eigenvalue weighted by molar-refractivity contribution is -0.108. The molecular formula is C49H61N3O6. The van der Waals surface area contributed by atoms with Crippen LogP contribution < -0.4 is 15.8 Å². The van der Waals surface area contributed by atoms with Gasteiger partial charge in [-0.25, -0.2) is 0 Å². The van der Waals surface area contributed by atoms with Gasteiger partial charge in [0.15, 0.2) is 11.5 Å². The highest BCUT2D eigenvalue weighted by molar-refractivity contribution is 5.52. The molecule has 9 nitrogen and oxygen atoms in total. The molecule has 1 aliphatic heterocycles. The van der Waals surface area contributed by atoms with Gasteiger partial charge in [-0.1, -0.05) is 79.7 Å². The minimum atomic E-state index is -1.18. The second-order valence-corrected chi connectivity index (χ2v) is 17.7. The molecule has 0 radical (unpaired) electrons. The number of phenols is 1. The van der Waals surface area contributed by atoms with E-state index in [1.807, 2.05) is 30.5 Å². The Morgan fingerprint density at radius 2 is 1.72 bits per heavy atom.